The van der Waals surface area contributed by atoms with Crippen LogP contribution in [0.2, 0.25) is 0 Å². The number of anilines is 1. The molecule has 7 nitrogen and oxygen atoms in total. The van der Waals surface area contributed by atoms with Crippen LogP contribution in [0.15, 0.2) is 54.6 Å². The number of rotatable bonds is 6. The number of nitrogens with one attached hydrogen (secondary N) is 1. The molecule has 1 N–H and O–H groups in total. The van der Waals surface area contributed by atoms with Crippen molar-refractivity contribution in [2.45, 2.75) is 19.4 Å². The molecule has 8 heteroatoms. The Balaban J connectivity index is 1.63. The predicted octanol–water partition coefficient (Wildman–Crippen LogP) is 2.43. The van der Waals surface area contributed by atoms with Crippen molar-refractivity contribution in [2.24, 2.45) is 0 Å². The Labute approximate surface area is 176 Å². The summed E-state index contributed by atoms with van der Waals surface area (Å²) in [7, 11) is -3.04. The number of aromatic nitrogens is 2. The van der Waals surface area contributed by atoms with Crippen LogP contribution in [-0.2, 0) is 14.6 Å². The normalized spacial score (nSPS) is 17.7. The molecule has 1 aliphatic rings. The lowest BCUT2D eigenvalue weighted by atomic mass is 10.1. The molecular formula is C22H24N4O3S. The van der Waals surface area contributed by atoms with Gasteiger partial charge < -0.3 is 10.2 Å². The zero-order valence-electron chi connectivity index (χ0n) is 16.8. The van der Waals surface area contributed by atoms with Gasteiger partial charge in [0.2, 0.25) is 5.91 Å². The number of para-hydroxylation sites is 1. The van der Waals surface area contributed by atoms with E-state index in [1.165, 1.54) is 0 Å². The van der Waals surface area contributed by atoms with Crippen molar-refractivity contribution in [1.29, 1.82) is 0 Å². The summed E-state index contributed by atoms with van der Waals surface area (Å²) in [5, 5.41) is 3.73. The standard InChI is InChI=1S/C22H24N4O3S/c1-2-26(14-20(27)23-17-12-13-30(28,29)15-17)22-18-10-6-7-11-19(18)24-21(25-22)16-8-4-3-5-9-16/h3-11,17H,2,12-15H2,1H3,(H,23,27)/t17-/m0/s1. The number of amides is 1. The first-order chi connectivity index (χ1) is 14.4. The fraction of sp³-hybridized carbons (Fsp3) is 0.318. The average Bonchev–Trinajstić information content (AvgIpc) is 3.10. The SMILES string of the molecule is CCN(CC(=O)N[C@H]1CCS(=O)(=O)C1)c1nc(-c2ccccc2)nc2ccccc12. The fourth-order valence-electron chi connectivity index (χ4n) is 3.71. The van der Waals surface area contributed by atoms with Crippen molar-refractivity contribution in [2.75, 3.05) is 29.5 Å². The monoisotopic (exact) mass is 424 g/mol. The Hall–Kier alpha value is -3.00. The van der Waals surface area contributed by atoms with E-state index >= 15 is 0 Å². The minimum atomic E-state index is -3.04. The van der Waals surface area contributed by atoms with Crippen LogP contribution >= 0.6 is 0 Å². The number of carbonyl (C=O) groups excluding carboxylic acids is 1. The molecule has 0 spiro atoms. The van der Waals surface area contributed by atoms with E-state index in [4.69, 9.17) is 9.97 Å². The highest BCUT2D eigenvalue weighted by atomic mass is 32.2. The van der Waals surface area contributed by atoms with Crippen molar-refractivity contribution in [3.8, 4) is 11.4 Å². The molecule has 0 aliphatic carbocycles. The van der Waals surface area contributed by atoms with E-state index < -0.39 is 9.84 Å². The third kappa shape index (κ3) is 4.43. The highest BCUT2D eigenvalue weighted by Crippen LogP contribution is 2.27. The molecule has 1 aliphatic heterocycles. The van der Waals surface area contributed by atoms with Gasteiger partial charge in [0.25, 0.3) is 0 Å². The van der Waals surface area contributed by atoms with Crippen LogP contribution in [-0.4, -0.2) is 54.9 Å². The Morgan fingerprint density at radius 1 is 1.10 bits per heavy atom. The van der Waals surface area contributed by atoms with Gasteiger partial charge >= 0.3 is 0 Å². The molecule has 2 aromatic carbocycles. The molecule has 1 amide bonds. The number of benzene rings is 2. The fourth-order valence-corrected chi connectivity index (χ4v) is 5.38. The Morgan fingerprint density at radius 2 is 1.83 bits per heavy atom. The van der Waals surface area contributed by atoms with Crippen molar-refractivity contribution >= 4 is 32.5 Å². The number of fused-ring (bicyclic) bond motifs is 1. The van der Waals surface area contributed by atoms with Crippen LogP contribution in [0.4, 0.5) is 5.82 Å². The zero-order valence-corrected chi connectivity index (χ0v) is 17.6. The maximum absolute atomic E-state index is 12.7. The summed E-state index contributed by atoms with van der Waals surface area (Å²) in [4.78, 5) is 24.0. The van der Waals surface area contributed by atoms with Gasteiger partial charge in [-0.15, -0.1) is 0 Å². The molecule has 1 aromatic heterocycles. The summed E-state index contributed by atoms with van der Waals surface area (Å²) in [6.45, 7) is 2.64. The summed E-state index contributed by atoms with van der Waals surface area (Å²) < 4.78 is 23.3. The van der Waals surface area contributed by atoms with E-state index in [2.05, 4.69) is 5.32 Å². The summed E-state index contributed by atoms with van der Waals surface area (Å²) in [6.07, 6.45) is 0.467. The second-order valence-corrected chi connectivity index (χ2v) is 9.66. The number of hydrogen-bond acceptors (Lipinski definition) is 6. The molecule has 156 valence electrons. The van der Waals surface area contributed by atoms with Crippen molar-refractivity contribution in [3.63, 3.8) is 0 Å². The second-order valence-electron chi connectivity index (χ2n) is 7.44. The Morgan fingerprint density at radius 3 is 2.53 bits per heavy atom. The van der Waals surface area contributed by atoms with Gasteiger partial charge in [-0.3, -0.25) is 4.79 Å². The van der Waals surface area contributed by atoms with Gasteiger partial charge in [-0.05, 0) is 25.5 Å². The first-order valence-electron chi connectivity index (χ1n) is 10.0. The van der Waals surface area contributed by atoms with Crippen LogP contribution in [0.5, 0.6) is 0 Å². The Kier molecular flexibility index (Phi) is 5.67. The summed E-state index contributed by atoms with van der Waals surface area (Å²) in [5.41, 5.74) is 1.71. The number of carbonyl (C=O) groups is 1. The van der Waals surface area contributed by atoms with Crippen LogP contribution in [0.1, 0.15) is 13.3 Å². The van der Waals surface area contributed by atoms with Gasteiger partial charge in [0, 0.05) is 23.5 Å². The molecule has 1 atom stereocenters. The van der Waals surface area contributed by atoms with Crippen LogP contribution < -0.4 is 10.2 Å². The molecular weight excluding hydrogens is 400 g/mol. The van der Waals surface area contributed by atoms with Gasteiger partial charge in [0.05, 0.1) is 23.6 Å². The number of nitrogens with zero attached hydrogens (tertiary/aromatic N) is 3. The highest BCUT2D eigenvalue weighted by molar-refractivity contribution is 7.91. The van der Waals surface area contributed by atoms with E-state index in [1.807, 2.05) is 66.4 Å². The maximum Gasteiger partial charge on any atom is 0.239 e. The molecule has 3 aromatic rings. The minimum Gasteiger partial charge on any atom is -0.351 e. The largest absolute Gasteiger partial charge is 0.351 e. The maximum atomic E-state index is 12.7. The molecule has 0 radical (unpaired) electrons. The molecule has 0 saturated carbocycles. The van der Waals surface area contributed by atoms with Gasteiger partial charge in [-0.2, -0.15) is 0 Å². The number of sulfone groups is 1. The van der Waals surface area contributed by atoms with Crippen LogP contribution in [0.25, 0.3) is 22.3 Å². The van der Waals surface area contributed by atoms with E-state index in [9.17, 15) is 13.2 Å². The van der Waals surface area contributed by atoms with E-state index in [-0.39, 0.29) is 30.0 Å². The van der Waals surface area contributed by atoms with E-state index in [0.717, 1.165) is 16.5 Å². The van der Waals surface area contributed by atoms with Gasteiger partial charge in [0.15, 0.2) is 15.7 Å². The summed E-state index contributed by atoms with van der Waals surface area (Å²) in [5.74, 6) is 1.23. The quantitative estimate of drug-likeness (QED) is 0.653. The zero-order chi connectivity index (χ0) is 21.1. The van der Waals surface area contributed by atoms with Gasteiger partial charge in [0.1, 0.15) is 5.82 Å². The molecule has 0 bridgehead atoms. The van der Waals surface area contributed by atoms with Gasteiger partial charge in [-0.25, -0.2) is 18.4 Å². The molecule has 1 saturated heterocycles. The minimum absolute atomic E-state index is 0.0134. The van der Waals surface area contributed by atoms with Crippen molar-refractivity contribution in [3.05, 3.63) is 54.6 Å². The molecule has 30 heavy (non-hydrogen) atoms. The Bertz CT molecular complexity index is 1170. The molecule has 2 heterocycles. The lowest BCUT2D eigenvalue weighted by Crippen LogP contribution is -2.43. The van der Waals surface area contributed by atoms with E-state index in [0.29, 0.717) is 24.6 Å². The second kappa shape index (κ2) is 8.39. The first-order valence-corrected chi connectivity index (χ1v) is 11.8. The third-order valence-electron chi connectivity index (χ3n) is 5.23. The number of hydrogen-bond donors (Lipinski definition) is 1. The topological polar surface area (TPSA) is 92.3 Å². The third-order valence-corrected chi connectivity index (χ3v) is 7.00. The van der Waals surface area contributed by atoms with Gasteiger partial charge in [-0.1, -0.05) is 42.5 Å². The van der Waals surface area contributed by atoms with Crippen LogP contribution in [0.3, 0.4) is 0 Å². The van der Waals surface area contributed by atoms with Crippen molar-refractivity contribution in [1.82, 2.24) is 15.3 Å². The predicted molar refractivity (Wildman–Crippen MR) is 118 cm³/mol. The number of likely N-dealkylation sites (N-methyl/N-ethyl adjacent to an activating group) is 1. The summed E-state index contributed by atoms with van der Waals surface area (Å²) in [6, 6.07) is 17.2. The van der Waals surface area contributed by atoms with Crippen LogP contribution in [0, 0.1) is 0 Å². The highest BCUT2D eigenvalue weighted by Gasteiger charge is 2.29. The van der Waals surface area contributed by atoms with Crippen molar-refractivity contribution < 1.29 is 13.2 Å². The molecule has 0 unspecified atom stereocenters. The lowest BCUT2D eigenvalue weighted by Gasteiger charge is -2.24. The lowest BCUT2D eigenvalue weighted by molar-refractivity contribution is -0.120. The molecule has 4 rings (SSSR count). The molecule has 1 fully saturated rings. The summed E-state index contributed by atoms with van der Waals surface area (Å²) >= 11 is 0. The average molecular weight is 425 g/mol. The smallest absolute Gasteiger partial charge is 0.239 e. The first kappa shape index (κ1) is 20.3. The van der Waals surface area contributed by atoms with E-state index in [1.54, 1.807) is 0 Å².